The average molecular weight is 390 g/mol. The van der Waals surface area contributed by atoms with Gasteiger partial charge in [-0.3, -0.25) is 9.59 Å². The van der Waals surface area contributed by atoms with Gasteiger partial charge >= 0.3 is 0 Å². The summed E-state index contributed by atoms with van der Waals surface area (Å²) < 4.78 is 11.0. The molecule has 0 unspecified atom stereocenters. The number of hydrogen-bond donors (Lipinski definition) is 0. The molecular weight excluding hydrogens is 368 g/mol. The number of benzene rings is 2. The first-order valence-electron chi connectivity index (χ1n) is 9.62. The Morgan fingerprint density at radius 3 is 2.52 bits per heavy atom. The quantitative estimate of drug-likeness (QED) is 0.638. The molecule has 1 aliphatic rings. The van der Waals surface area contributed by atoms with Crippen molar-refractivity contribution < 1.29 is 18.7 Å². The van der Waals surface area contributed by atoms with Crippen LogP contribution in [-0.2, 0) is 16.1 Å². The predicted molar refractivity (Wildman–Crippen MR) is 110 cm³/mol. The van der Waals surface area contributed by atoms with Gasteiger partial charge in [0, 0.05) is 18.5 Å². The number of rotatable bonds is 6. The molecule has 3 aromatic rings. The van der Waals surface area contributed by atoms with Crippen molar-refractivity contribution in [2.75, 3.05) is 23.0 Å². The molecule has 6 nitrogen and oxygen atoms in total. The summed E-state index contributed by atoms with van der Waals surface area (Å²) >= 11 is 0. The first-order valence-corrected chi connectivity index (χ1v) is 9.62. The number of anilines is 2. The molecule has 0 N–H and O–H groups in total. The van der Waals surface area contributed by atoms with E-state index in [-0.39, 0.29) is 24.7 Å². The first kappa shape index (κ1) is 18.8. The van der Waals surface area contributed by atoms with Gasteiger partial charge in [0.15, 0.2) is 0 Å². The van der Waals surface area contributed by atoms with Crippen molar-refractivity contribution in [3.8, 4) is 5.75 Å². The minimum absolute atomic E-state index is 0.0832. The smallest absolute Gasteiger partial charge is 0.227 e. The van der Waals surface area contributed by atoms with Gasteiger partial charge in [0.2, 0.25) is 11.8 Å². The number of ether oxygens (including phenoxy) is 1. The molecule has 0 saturated carbocycles. The highest BCUT2D eigenvalue weighted by Crippen LogP contribution is 2.31. The van der Waals surface area contributed by atoms with Crippen LogP contribution in [0.4, 0.5) is 11.4 Å². The number of hydrogen-bond acceptors (Lipinski definition) is 4. The Bertz CT molecular complexity index is 970. The van der Waals surface area contributed by atoms with Crippen molar-refractivity contribution in [2.45, 2.75) is 19.4 Å². The van der Waals surface area contributed by atoms with Crippen LogP contribution in [0.3, 0.4) is 0 Å². The number of carbonyl (C=O) groups is 2. The predicted octanol–water partition coefficient (Wildman–Crippen LogP) is 4.02. The Labute approximate surface area is 169 Å². The van der Waals surface area contributed by atoms with Crippen LogP contribution < -0.4 is 14.5 Å². The van der Waals surface area contributed by atoms with E-state index in [0.29, 0.717) is 31.2 Å². The molecule has 0 aliphatic carbocycles. The summed E-state index contributed by atoms with van der Waals surface area (Å²) in [6, 6.07) is 20.5. The van der Waals surface area contributed by atoms with Gasteiger partial charge in [-0.25, -0.2) is 0 Å². The van der Waals surface area contributed by atoms with E-state index in [1.807, 2.05) is 60.7 Å². The fourth-order valence-electron chi connectivity index (χ4n) is 3.40. The zero-order valence-electron chi connectivity index (χ0n) is 16.0. The molecule has 1 aromatic heterocycles. The Morgan fingerprint density at radius 2 is 1.72 bits per heavy atom. The van der Waals surface area contributed by atoms with Gasteiger partial charge in [-0.2, -0.15) is 0 Å². The average Bonchev–Trinajstić information content (AvgIpc) is 3.29. The molecule has 0 bridgehead atoms. The van der Waals surface area contributed by atoms with Crippen molar-refractivity contribution in [3.63, 3.8) is 0 Å². The Kier molecular flexibility index (Phi) is 5.61. The van der Waals surface area contributed by atoms with Crippen molar-refractivity contribution in [1.82, 2.24) is 0 Å². The van der Waals surface area contributed by atoms with Crippen LogP contribution in [-0.4, -0.2) is 25.0 Å². The number of nitrogens with zero attached hydrogens (tertiary/aromatic N) is 2. The van der Waals surface area contributed by atoms with Gasteiger partial charge in [0.1, 0.15) is 18.1 Å². The molecule has 0 fully saturated rings. The van der Waals surface area contributed by atoms with Gasteiger partial charge in [-0.1, -0.05) is 30.3 Å². The topological polar surface area (TPSA) is 63.0 Å². The second kappa shape index (κ2) is 8.65. The molecule has 2 amide bonds. The van der Waals surface area contributed by atoms with Crippen LogP contribution in [0.1, 0.15) is 18.6 Å². The van der Waals surface area contributed by atoms with Gasteiger partial charge in [0.25, 0.3) is 0 Å². The third kappa shape index (κ3) is 4.32. The normalized spacial score (nSPS) is 12.8. The third-order valence-electron chi connectivity index (χ3n) is 4.85. The Morgan fingerprint density at radius 1 is 0.931 bits per heavy atom. The van der Waals surface area contributed by atoms with Gasteiger partial charge in [0.05, 0.1) is 25.0 Å². The second-order valence-electron chi connectivity index (χ2n) is 6.76. The van der Waals surface area contributed by atoms with Crippen LogP contribution in [0.25, 0.3) is 0 Å². The third-order valence-corrected chi connectivity index (χ3v) is 4.85. The molecule has 0 atom stereocenters. The maximum absolute atomic E-state index is 13.0. The Balaban J connectivity index is 1.45. The fraction of sp³-hybridized carbons (Fsp3) is 0.217. The first-order chi connectivity index (χ1) is 14.2. The van der Waals surface area contributed by atoms with Crippen molar-refractivity contribution in [2.24, 2.45) is 0 Å². The molecule has 148 valence electrons. The number of para-hydroxylation sites is 3. The SMILES string of the molecule is O=C(CCC(=O)N1CCOc2ccccc21)N(Cc1ccco1)c1ccccc1. The van der Waals surface area contributed by atoms with E-state index in [2.05, 4.69) is 0 Å². The molecule has 2 aromatic carbocycles. The maximum atomic E-state index is 13.0. The largest absolute Gasteiger partial charge is 0.490 e. The van der Waals surface area contributed by atoms with Crippen LogP contribution in [0.2, 0.25) is 0 Å². The highest BCUT2D eigenvalue weighted by atomic mass is 16.5. The summed E-state index contributed by atoms with van der Waals surface area (Å²) in [5.41, 5.74) is 1.53. The van der Waals surface area contributed by atoms with Gasteiger partial charge in [-0.05, 0) is 36.4 Å². The van der Waals surface area contributed by atoms with Crippen LogP contribution >= 0.6 is 0 Å². The van der Waals surface area contributed by atoms with Crippen LogP contribution in [0, 0.1) is 0 Å². The van der Waals surface area contributed by atoms with Crippen molar-refractivity contribution in [3.05, 3.63) is 78.8 Å². The molecular formula is C23H22N2O4. The fourth-order valence-corrected chi connectivity index (χ4v) is 3.40. The van der Waals surface area contributed by atoms with E-state index >= 15 is 0 Å². The van der Waals surface area contributed by atoms with E-state index in [1.54, 1.807) is 22.1 Å². The van der Waals surface area contributed by atoms with Crippen molar-refractivity contribution in [1.29, 1.82) is 0 Å². The summed E-state index contributed by atoms with van der Waals surface area (Å²) in [4.78, 5) is 29.2. The van der Waals surface area contributed by atoms with E-state index in [4.69, 9.17) is 9.15 Å². The molecule has 2 heterocycles. The van der Waals surface area contributed by atoms with Crippen LogP contribution in [0.5, 0.6) is 5.75 Å². The zero-order valence-corrected chi connectivity index (χ0v) is 16.0. The highest BCUT2D eigenvalue weighted by molar-refractivity contribution is 6.00. The minimum Gasteiger partial charge on any atom is -0.490 e. The monoisotopic (exact) mass is 390 g/mol. The van der Waals surface area contributed by atoms with E-state index in [0.717, 1.165) is 11.4 Å². The molecule has 4 rings (SSSR count). The number of furan rings is 1. The molecule has 29 heavy (non-hydrogen) atoms. The van der Waals surface area contributed by atoms with E-state index in [1.165, 1.54) is 0 Å². The lowest BCUT2D eigenvalue weighted by Crippen LogP contribution is -2.39. The standard InChI is InChI=1S/C23H22N2O4/c26-22(24-14-16-29-21-11-5-4-10-20(21)24)12-13-23(27)25(17-19-9-6-15-28-19)18-7-2-1-3-8-18/h1-11,15H,12-14,16-17H2. The Hall–Kier alpha value is -3.54. The lowest BCUT2D eigenvalue weighted by atomic mass is 10.1. The summed E-state index contributed by atoms with van der Waals surface area (Å²) in [6.07, 6.45) is 1.84. The number of carbonyl (C=O) groups excluding carboxylic acids is 2. The minimum atomic E-state index is -0.123. The number of fused-ring (bicyclic) bond motifs is 1. The lowest BCUT2D eigenvalue weighted by Gasteiger charge is -2.29. The molecule has 0 saturated heterocycles. The molecule has 6 heteroatoms. The van der Waals surface area contributed by atoms with Gasteiger partial charge < -0.3 is 19.0 Å². The molecule has 0 spiro atoms. The summed E-state index contributed by atoms with van der Waals surface area (Å²) in [7, 11) is 0. The highest BCUT2D eigenvalue weighted by Gasteiger charge is 2.25. The molecule has 0 radical (unpaired) electrons. The lowest BCUT2D eigenvalue weighted by molar-refractivity contribution is -0.124. The number of amides is 2. The summed E-state index contributed by atoms with van der Waals surface area (Å²) in [5, 5.41) is 0. The maximum Gasteiger partial charge on any atom is 0.227 e. The second-order valence-corrected chi connectivity index (χ2v) is 6.76. The van der Waals surface area contributed by atoms with E-state index < -0.39 is 0 Å². The summed E-state index contributed by atoms with van der Waals surface area (Å²) in [5.74, 6) is 1.18. The molecule has 1 aliphatic heterocycles. The zero-order chi connectivity index (χ0) is 20.1. The van der Waals surface area contributed by atoms with E-state index in [9.17, 15) is 9.59 Å². The summed E-state index contributed by atoms with van der Waals surface area (Å²) in [6.45, 7) is 1.26. The van der Waals surface area contributed by atoms with Crippen molar-refractivity contribution >= 4 is 23.2 Å². The van der Waals surface area contributed by atoms with Crippen LogP contribution in [0.15, 0.2) is 77.4 Å². The van der Waals surface area contributed by atoms with Gasteiger partial charge in [-0.15, -0.1) is 0 Å².